The Morgan fingerprint density at radius 2 is 1.92 bits per heavy atom. The third-order valence-corrected chi connectivity index (χ3v) is 4.45. The van der Waals surface area contributed by atoms with Gasteiger partial charge in [-0.15, -0.1) is 0 Å². The molecule has 0 saturated heterocycles. The molecular weight excluding hydrogens is 330 g/mol. The highest BCUT2D eigenvalue weighted by Crippen LogP contribution is 2.18. The van der Waals surface area contributed by atoms with Crippen LogP contribution >= 0.6 is 11.6 Å². The van der Waals surface area contributed by atoms with Crippen LogP contribution in [0.15, 0.2) is 27.8 Å². The van der Waals surface area contributed by atoms with E-state index in [1.54, 1.807) is 32.0 Å². The average molecular weight is 352 g/mol. The Kier molecular flexibility index (Phi) is 5.49. The van der Waals surface area contributed by atoms with Crippen molar-refractivity contribution >= 4 is 28.4 Å². The van der Waals surface area contributed by atoms with Crippen molar-refractivity contribution < 1.29 is 4.79 Å². The first-order chi connectivity index (χ1) is 11.3. The van der Waals surface area contributed by atoms with Gasteiger partial charge in [-0.2, -0.15) is 0 Å². The highest BCUT2D eigenvalue weighted by molar-refractivity contribution is 6.31. The molecule has 2 aromatic rings. The molecule has 1 aromatic heterocycles. The summed E-state index contributed by atoms with van der Waals surface area (Å²) in [6, 6.07) is 3.98. The maximum Gasteiger partial charge on any atom is 0.332 e. The van der Waals surface area contributed by atoms with Gasteiger partial charge in [0.1, 0.15) is 6.04 Å². The monoisotopic (exact) mass is 351 g/mol. The number of nitrogens with one attached hydrogen (secondary N) is 1. The summed E-state index contributed by atoms with van der Waals surface area (Å²) in [5.41, 5.74) is -0.516. The summed E-state index contributed by atoms with van der Waals surface area (Å²) < 4.78 is 2.47. The van der Waals surface area contributed by atoms with Crippen LogP contribution < -0.4 is 16.6 Å². The lowest BCUT2D eigenvalue weighted by atomic mass is 10.2. The smallest absolute Gasteiger partial charge is 0.332 e. The number of amides is 1. The predicted octanol–water partition coefficient (Wildman–Crippen LogP) is 2.31. The molecule has 2 rings (SSSR count). The van der Waals surface area contributed by atoms with Crippen molar-refractivity contribution in [3.05, 3.63) is 44.1 Å². The number of nitrogens with zero attached hydrogens (tertiary/aromatic N) is 2. The minimum atomic E-state index is -0.758. The summed E-state index contributed by atoms with van der Waals surface area (Å²) in [5, 5.41) is 3.63. The van der Waals surface area contributed by atoms with Crippen LogP contribution in [0.2, 0.25) is 5.02 Å². The molecular formula is C17H22ClN3O3. The first kappa shape index (κ1) is 18.3. The van der Waals surface area contributed by atoms with E-state index < -0.39 is 11.7 Å². The maximum atomic E-state index is 12.8. The zero-order chi connectivity index (χ0) is 18.0. The summed E-state index contributed by atoms with van der Waals surface area (Å²) >= 11 is 6.04. The summed E-state index contributed by atoms with van der Waals surface area (Å²) in [4.78, 5) is 37.7. The van der Waals surface area contributed by atoms with E-state index in [9.17, 15) is 14.4 Å². The first-order valence-corrected chi connectivity index (χ1v) is 8.44. The fourth-order valence-electron chi connectivity index (χ4n) is 2.59. The molecule has 0 saturated carbocycles. The molecule has 2 atom stereocenters. The standard InChI is InChI=1S/C17H22ClN3O3/c1-5-10(3)19-15(22)11(4)21-14-9-12(18)7-8-13(14)16(23)20(6-2)17(21)24/h7-11H,5-6H2,1-4H3,(H,19,22)/t10-,11-/m0/s1. The molecule has 0 aliphatic rings. The topological polar surface area (TPSA) is 73.1 Å². The minimum Gasteiger partial charge on any atom is -0.352 e. The van der Waals surface area contributed by atoms with Gasteiger partial charge >= 0.3 is 5.69 Å². The summed E-state index contributed by atoms with van der Waals surface area (Å²) in [6.45, 7) is 7.46. The molecule has 1 amide bonds. The molecule has 1 heterocycles. The Balaban J connectivity index is 2.72. The van der Waals surface area contributed by atoms with E-state index in [1.807, 2.05) is 13.8 Å². The molecule has 6 nitrogen and oxygen atoms in total. The van der Waals surface area contributed by atoms with Crippen molar-refractivity contribution in [3.8, 4) is 0 Å². The van der Waals surface area contributed by atoms with Gasteiger partial charge in [0.25, 0.3) is 5.56 Å². The third kappa shape index (κ3) is 3.24. The number of halogens is 1. The van der Waals surface area contributed by atoms with E-state index in [2.05, 4.69) is 5.32 Å². The summed E-state index contributed by atoms with van der Waals surface area (Å²) in [5.74, 6) is -0.269. The van der Waals surface area contributed by atoms with Crippen LogP contribution in [0.3, 0.4) is 0 Å². The molecule has 1 N–H and O–H groups in total. The fraction of sp³-hybridized carbons (Fsp3) is 0.471. The van der Waals surface area contributed by atoms with E-state index in [0.717, 1.165) is 11.0 Å². The van der Waals surface area contributed by atoms with E-state index in [1.165, 1.54) is 4.57 Å². The van der Waals surface area contributed by atoms with Gasteiger partial charge in [0.15, 0.2) is 0 Å². The molecule has 0 aliphatic carbocycles. The number of hydrogen-bond acceptors (Lipinski definition) is 3. The van der Waals surface area contributed by atoms with Crippen molar-refractivity contribution in [3.63, 3.8) is 0 Å². The summed E-state index contributed by atoms with van der Waals surface area (Å²) in [6.07, 6.45) is 0.786. The fourth-order valence-corrected chi connectivity index (χ4v) is 2.75. The van der Waals surface area contributed by atoms with Gasteiger partial charge in [0, 0.05) is 17.6 Å². The Morgan fingerprint density at radius 1 is 1.25 bits per heavy atom. The van der Waals surface area contributed by atoms with Crippen molar-refractivity contribution in [2.45, 2.75) is 52.7 Å². The molecule has 0 unspecified atom stereocenters. The normalized spacial score (nSPS) is 13.7. The van der Waals surface area contributed by atoms with E-state index in [0.29, 0.717) is 15.9 Å². The van der Waals surface area contributed by atoms with Gasteiger partial charge in [-0.3, -0.25) is 18.7 Å². The molecule has 1 aromatic carbocycles. The highest BCUT2D eigenvalue weighted by Gasteiger charge is 2.22. The Hall–Kier alpha value is -2.08. The number of benzene rings is 1. The van der Waals surface area contributed by atoms with Gasteiger partial charge in [-0.1, -0.05) is 18.5 Å². The molecule has 0 radical (unpaired) electrons. The van der Waals surface area contributed by atoms with Crippen LogP contribution in [-0.4, -0.2) is 21.1 Å². The van der Waals surface area contributed by atoms with Crippen molar-refractivity contribution in [1.29, 1.82) is 0 Å². The van der Waals surface area contributed by atoms with Gasteiger partial charge < -0.3 is 5.32 Å². The van der Waals surface area contributed by atoms with E-state index >= 15 is 0 Å². The first-order valence-electron chi connectivity index (χ1n) is 8.06. The lowest BCUT2D eigenvalue weighted by Gasteiger charge is -2.21. The molecule has 24 heavy (non-hydrogen) atoms. The number of aromatic nitrogens is 2. The second-order valence-electron chi connectivity index (χ2n) is 5.86. The molecule has 0 bridgehead atoms. The molecule has 0 spiro atoms. The quantitative estimate of drug-likeness (QED) is 0.898. The third-order valence-electron chi connectivity index (χ3n) is 4.22. The SMILES string of the molecule is CC[C@H](C)NC(=O)[C@H](C)n1c(=O)n(CC)c(=O)c2ccc(Cl)cc21. The van der Waals surface area contributed by atoms with Crippen LogP contribution in [0.1, 0.15) is 40.2 Å². The molecule has 7 heteroatoms. The Morgan fingerprint density at radius 3 is 2.50 bits per heavy atom. The zero-order valence-electron chi connectivity index (χ0n) is 14.3. The van der Waals surface area contributed by atoms with Gasteiger partial charge in [-0.05, 0) is 45.4 Å². The number of rotatable bonds is 5. The minimum absolute atomic E-state index is 0.00239. The van der Waals surface area contributed by atoms with Crippen LogP contribution in [0.5, 0.6) is 0 Å². The largest absolute Gasteiger partial charge is 0.352 e. The average Bonchev–Trinajstić information content (AvgIpc) is 2.54. The molecule has 0 fully saturated rings. The Bertz CT molecular complexity index is 885. The summed E-state index contributed by atoms with van der Waals surface area (Å²) in [7, 11) is 0. The number of carbonyl (C=O) groups is 1. The van der Waals surface area contributed by atoms with Crippen molar-refractivity contribution in [1.82, 2.24) is 14.5 Å². The number of fused-ring (bicyclic) bond motifs is 1. The lowest BCUT2D eigenvalue weighted by Crippen LogP contribution is -2.45. The number of hydrogen-bond donors (Lipinski definition) is 1. The van der Waals surface area contributed by atoms with E-state index in [-0.39, 0.29) is 24.1 Å². The van der Waals surface area contributed by atoms with Gasteiger partial charge in [-0.25, -0.2) is 4.79 Å². The van der Waals surface area contributed by atoms with Gasteiger partial charge in [0.2, 0.25) is 5.91 Å². The second-order valence-corrected chi connectivity index (χ2v) is 6.29. The second kappa shape index (κ2) is 7.21. The van der Waals surface area contributed by atoms with Crippen molar-refractivity contribution in [2.75, 3.05) is 0 Å². The molecule has 0 aliphatic heterocycles. The van der Waals surface area contributed by atoms with Crippen LogP contribution in [0, 0.1) is 0 Å². The van der Waals surface area contributed by atoms with Crippen LogP contribution in [0.4, 0.5) is 0 Å². The zero-order valence-corrected chi connectivity index (χ0v) is 15.1. The lowest BCUT2D eigenvalue weighted by molar-refractivity contribution is -0.124. The number of carbonyl (C=O) groups excluding carboxylic acids is 1. The van der Waals surface area contributed by atoms with Crippen molar-refractivity contribution in [2.24, 2.45) is 0 Å². The van der Waals surface area contributed by atoms with E-state index in [4.69, 9.17) is 11.6 Å². The maximum absolute atomic E-state index is 12.8. The van der Waals surface area contributed by atoms with Crippen LogP contribution in [-0.2, 0) is 11.3 Å². The Labute approximate surface area is 145 Å². The highest BCUT2D eigenvalue weighted by atomic mass is 35.5. The van der Waals surface area contributed by atoms with Crippen LogP contribution in [0.25, 0.3) is 10.9 Å². The van der Waals surface area contributed by atoms with Gasteiger partial charge in [0.05, 0.1) is 10.9 Å². The molecule has 130 valence electrons. The predicted molar refractivity (Wildman–Crippen MR) is 95.8 cm³/mol.